The lowest BCUT2D eigenvalue weighted by molar-refractivity contribution is -0.138. The number of aliphatic hydroxyl groups excluding tert-OH is 1. The third kappa shape index (κ3) is 3.82. The van der Waals surface area contributed by atoms with Crippen LogP contribution in [0, 0.1) is 11.3 Å². The highest BCUT2D eigenvalue weighted by atomic mass is 16.3. The predicted molar refractivity (Wildman–Crippen MR) is 62.6 cm³/mol. The Labute approximate surface area is 93.5 Å². The molecule has 0 aliphatic carbocycles. The van der Waals surface area contributed by atoms with Crippen molar-refractivity contribution < 1.29 is 9.90 Å². The highest BCUT2D eigenvalue weighted by Crippen LogP contribution is 2.34. The first-order chi connectivity index (χ1) is 6.97. The zero-order chi connectivity index (χ0) is 12.1. The zero-order valence-electron chi connectivity index (χ0n) is 10.7. The summed E-state index contributed by atoms with van der Waals surface area (Å²) in [6.45, 7) is 11.8. The summed E-state index contributed by atoms with van der Waals surface area (Å²) in [5.74, 6) is 0.509. The number of carbonyl (C=O) groups excluding carboxylic acids is 1. The third-order valence-electron chi connectivity index (χ3n) is 3.25. The van der Waals surface area contributed by atoms with Gasteiger partial charge in [0.2, 0.25) is 5.91 Å². The Morgan fingerprint density at radius 2 is 2.00 bits per heavy atom. The molecular formula is C12H25NO2. The summed E-state index contributed by atoms with van der Waals surface area (Å²) in [6.07, 6.45) is 1.04. The van der Waals surface area contributed by atoms with Crippen molar-refractivity contribution in [1.29, 1.82) is 0 Å². The number of carbonyl (C=O) groups is 1. The van der Waals surface area contributed by atoms with E-state index in [1.165, 1.54) is 0 Å². The van der Waals surface area contributed by atoms with Crippen molar-refractivity contribution >= 4 is 5.91 Å². The first kappa shape index (κ1) is 14.4. The minimum Gasteiger partial charge on any atom is -0.387 e. The van der Waals surface area contributed by atoms with Crippen LogP contribution in [0.25, 0.3) is 0 Å². The van der Waals surface area contributed by atoms with Crippen LogP contribution < -0.4 is 0 Å². The van der Waals surface area contributed by atoms with E-state index in [2.05, 4.69) is 20.8 Å². The monoisotopic (exact) mass is 215 g/mol. The molecule has 90 valence electrons. The van der Waals surface area contributed by atoms with E-state index in [0.717, 1.165) is 19.5 Å². The van der Waals surface area contributed by atoms with Gasteiger partial charge in [-0.2, -0.15) is 0 Å². The summed E-state index contributed by atoms with van der Waals surface area (Å²) in [5.41, 5.74) is 0.184. The molecule has 1 amide bonds. The Morgan fingerprint density at radius 1 is 1.47 bits per heavy atom. The smallest absolute Gasteiger partial charge is 0.248 e. The molecule has 0 aromatic heterocycles. The first-order valence-corrected chi connectivity index (χ1v) is 5.86. The molecule has 0 saturated carbocycles. The van der Waals surface area contributed by atoms with Gasteiger partial charge in [-0.05, 0) is 17.8 Å². The largest absolute Gasteiger partial charge is 0.387 e. The number of likely N-dealkylation sites (tertiary alicyclic amines) is 1. The number of amides is 1. The molecule has 0 bridgehead atoms. The van der Waals surface area contributed by atoms with Gasteiger partial charge in [0.1, 0.15) is 6.61 Å². The van der Waals surface area contributed by atoms with Crippen LogP contribution in [0.15, 0.2) is 0 Å². The van der Waals surface area contributed by atoms with Gasteiger partial charge >= 0.3 is 0 Å². The van der Waals surface area contributed by atoms with Gasteiger partial charge in [0.25, 0.3) is 0 Å². The number of hydrogen-bond donors (Lipinski definition) is 1. The van der Waals surface area contributed by atoms with Crippen molar-refractivity contribution in [3.8, 4) is 0 Å². The van der Waals surface area contributed by atoms with Gasteiger partial charge < -0.3 is 10.0 Å². The first-order valence-electron chi connectivity index (χ1n) is 5.86. The number of piperidine rings is 1. The fourth-order valence-electron chi connectivity index (χ4n) is 1.78. The van der Waals surface area contributed by atoms with E-state index in [1.807, 2.05) is 13.8 Å². The van der Waals surface area contributed by atoms with Crippen LogP contribution in [0.5, 0.6) is 0 Å². The molecule has 1 N–H and O–H groups in total. The van der Waals surface area contributed by atoms with Gasteiger partial charge in [0.05, 0.1) is 0 Å². The molecule has 15 heavy (non-hydrogen) atoms. The molecule has 0 aromatic carbocycles. The highest BCUT2D eigenvalue weighted by molar-refractivity contribution is 5.77. The molecule has 1 rings (SSSR count). The molecule has 1 heterocycles. The standard InChI is InChI=1S/C10H19NO2.C2H6/c1-8-4-5-11(9(13)6-12)7-10(8,2)3;1-2/h8,12H,4-7H2,1-3H3;1-2H3. The van der Waals surface area contributed by atoms with Crippen LogP contribution >= 0.6 is 0 Å². The molecule has 1 aliphatic heterocycles. The van der Waals surface area contributed by atoms with Gasteiger partial charge in [-0.15, -0.1) is 0 Å². The number of hydrogen-bond acceptors (Lipinski definition) is 2. The van der Waals surface area contributed by atoms with Gasteiger partial charge in [-0.1, -0.05) is 34.6 Å². The van der Waals surface area contributed by atoms with Crippen molar-refractivity contribution in [2.24, 2.45) is 11.3 Å². The summed E-state index contributed by atoms with van der Waals surface area (Å²) in [4.78, 5) is 13.0. The summed E-state index contributed by atoms with van der Waals surface area (Å²) in [5, 5.41) is 8.73. The second-order valence-corrected chi connectivity index (χ2v) is 4.65. The topological polar surface area (TPSA) is 40.5 Å². The maximum absolute atomic E-state index is 11.2. The van der Waals surface area contributed by atoms with E-state index >= 15 is 0 Å². The van der Waals surface area contributed by atoms with E-state index in [1.54, 1.807) is 4.90 Å². The SMILES string of the molecule is CC.CC1CCN(C(=O)CO)CC1(C)C. The lowest BCUT2D eigenvalue weighted by atomic mass is 9.75. The lowest BCUT2D eigenvalue weighted by Gasteiger charge is -2.42. The Balaban J connectivity index is 0.000000921. The van der Waals surface area contributed by atoms with Crippen LogP contribution in [-0.4, -0.2) is 35.6 Å². The van der Waals surface area contributed by atoms with Crippen molar-refractivity contribution in [2.75, 3.05) is 19.7 Å². The molecule has 1 saturated heterocycles. The fourth-order valence-corrected chi connectivity index (χ4v) is 1.78. The van der Waals surface area contributed by atoms with E-state index in [-0.39, 0.29) is 17.9 Å². The molecule has 1 unspecified atom stereocenters. The maximum Gasteiger partial charge on any atom is 0.248 e. The van der Waals surface area contributed by atoms with Crippen molar-refractivity contribution in [3.05, 3.63) is 0 Å². The van der Waals surface area contributed by atoms with Crippen LogP contribution in [0.3, 0.4) is 0 Å². The zero-order valence-corrected chi connectivity index (χ0v) is 10.7. The number of rotatable bonds is 1. The van der Waals surface area contributed by atoms with Crippen LogP contribution in [0.2, 0.25) is 0 Å². The van der Waals surface area contributed by atoms with Crippen LogP contribution in [0.1, 0.15) is 41.0 Å². The van der Waals surface area contributed by atoms with Gasteiger partial charge in [0, 0.05) is 13.1 Å². The quantitative estimate of drug-likeness (QED) is 0.725. The molecular weight excluding hydrogens is 190 g/mol. The molecule has 1 fully saturated rings. The Morgan fingerprint density at radius 3 is 2.40 bits per heavy atom. The van der Waals surface area contributed by atoms with Crippen LogP contribution in [0.4, 0.5) is 0 Å². The maximum atomic E-state index is 11.2. The molecule has 3 heteroatoms. The molecule has 0 spiro atoms. The number of aliphatic hydroxyl groups is 1. The van der Waals surface area contributed by atoms with Gasteiger partial charge in [0.15, 0.2) is 0 Å². The normalized spacial score (nSPS) is 24.1. The van der Waals surface area contributed by atoms with E-state index < -0.39 is 0 Å². The summed E-state index contributed by atoms with van der Waals surface area (Å²) >= 11 is 0. The number of nitrogens with zero attached hydrogens (tertiary/aromatic N) is 1. The summed E-state index contributed by atoms with van der Waals surface area (Å²) in [6, 6.07) is 0. The second-order valence-electron chi connectivity index (χ2n) is 4.65. The second kappa shape index (κ2) is 6.11. The average molecular weight is 215 g/mol. The molecule has 0 aromatic rings. The fraction of sp³-hybridized carbons (Fsp3) is 0.917. The Bertz CT molecular complexity index is 202. The van der Waals surface area contributed by atoms with Gasteiger partial charge in [-0.25, -0.2) is 0 Å². The summed E-state index contributed by atoms with van der Waals surface area (Å²) in [7, 11) is 0. The highest BCUT2D eigenvalue weighted by Gasteiger charge is 2.34. The minimum absolute atomic E-state index is 0.139. The Kier molecular flexibility index (Phi) is 5.88. The molecule has 1 atom stereocenters. The Hall–Kier alpha value is -0.570. The van der Waals surface area contributed by atoms with Crippen molar-refractivity contribution in [3.63, 3.8) is 0 Å². The predicted octanol–water partition coefficient (Wildman–Crippen LogP) is 1.90. The lowest BCUT2D eigenvalue weighted by Crippen LogP contribution is -2.48. The molecule has 3 nitrogen and oxygen atoms in total. The average Bonchev–Trinajstić information content (AvgIpc) is 2.24. The van der Waals surface area contributed by atoms with Crippen molar-refractivity contribution in [2.45, 2.75) is 41.0 Å². The van der Waals surface area contributed by atoms with Crippen molar-refractivity contribution in [1.82, 2.24) is 4.90 Å². The van der Waals surface area contributed by atoms with Crippen LogP contribution in [-0.2, 0) is 4.79 Å². The summed E-state index contributed by atoms with van der Waals surface area (Å²) < 4.78 is 0. The van der Waals surface area contributed by atoms with E-state index in [4.69, 9.17) is 5.11 Å². The third-order valence-corrected chi connectivity index (χ3v) is 3.25. The molecule has 0 radical (unpaired) electrons. The van der Waals surface area contributed by atoms with Gasteiger partial charge in [-0.3, -0.25) is 4.79 Å². The molecule has 1 aliphatic rings. The van der Waals surface area contributed by atoms with E-state index in [0.29, 0.717) is 5.92 Å². The minimum atomic E-state index is -0.357. The van der Waals surface area contributed by atoms with E-state index in [9.17, 15) is 4.79 Å².